The summed E-state index contributed by atoms with van der Waals surface area (Å²) >= 11 is 0. The van der Waals surface area contributed by atoms with Crippen molar-refractivity contribution in [2.24, 2.45) is 5.92 Å². The third-order valence-electron chi connectivity index (χ3n) is 3.96. The molecule has 1 heterocycles. The van der Waals surface area contributed by atoms with E-state index in [4.69, 9.17) is 5.11 Å². The molecule has 0 unspecified atom stereocenters. The van der Waals surface area contributed by atoms with Crippen molar-refractivity contribution in [1.82, 2.24) is 10.2 Å². The van der Waals surface area contributed by atoms with Crippen LogP contribution in [-0.4, -0.2) is 47.9 Å². The second-order valence-electron chi connectivity index (χ2n) is 5.49. The molecule has 0 radical (unpaired) electrons. The van der Waals surface area contributed by atoms with Gasteiger partial charge in [0.05, 0.1) is 0 Å². The molecule has 22 heavy (non-hydrogen) atoms. The van der Waals surface area contributed by atoms with E-state index in [1.807, 2.05) is 0 Å². The number of aliphatic carboxylic acids is 1. The van der Waals surface area contributed by atoms with Crippen molar-refractivity contribution in [3.63, 3.8) is 0 Å². The zero-order valence-corrected chi connectivity index (χ0v) is 12.5. The second-order valence-corrected chi connectivity index (χ2v) is 5.49. The first-order chi connectivity index (χ1) is 10.5. The Morgan fingerprint density at radius 2 is 1.86 bits per heavy atom. The number of hydrogen-bond donors (Lipinski definition) is 2. The molecule has 118 valence electrons. The number of amides is 2. The highest BCUT2D eigenvalue weighted by atomic mass is 16.4. The summed E-state index contributed by atoms with van der Waals surface area (Å²) in [5.74, 6) is -0.990. The van der Waals surface area contributed by atoms with Crippen molar-refractivity contribution in [1.29, 1.82) is 0 Å². The van der Waals surface area contributed by atoms with Gasteiger partial charge in [-0.2, -0.15) is 0 Å². The lowest BCUT2D eigenvalue weighted by molar-refractivity contribution is -0.138. The van der Waals surface area contributed by atoms with Crippen LogP contribution in [0.3, 0.4) is 0 Å². The second kappa shape index (κ2) is 7.06. The lowest BCUT2D eigenvalue weighted by Gasteiger charge is -2.31. The van der Waals surface area contributed by atoms with E-state index < -0.39 is 5.97 Å². The Morgan fingerprint density at radius 3 is 2.45 bits per heavy atom. The molecule has 0 atom stereocenters. The van der Waals surface area contributed by atoms with Crippen LogP contribution in [-0.2, 0) is 4.79 Å². The molecule has 1 saturated heterocycles. The molecule has 1 aromatic carbocycles. The summed E-state index contributed by atoms with van der Waals surface area (Å²) in [7, 11) is 1.55. The van der Waals surface area contributed by atoms with Gasteiger partial charge in [0.15, 0.2) is 0 Å². The number of carboxylic acid groups (broad SMARTS) is 1. The predicted octanol–water partition coefficient (Wildman–Crippen LogP) is 1.37. The number of nitrogens with one attached hydrogen (secondary N) is 1. The summed E-state index contributed by atoms with van der Waals surface area (Å²) in [4.78, 5) is 36.5. The van der Waals surface area contributed by atoms with Crippen LogP contribution >= 0.6 is 0 Å². The molecule has 6 nitrogen and oxygen atoms in total. The molecule has 1 aliphatic heterocycles. The van der Waals surface area contributed by atoms with E-state index in [2.05, 4.69) is 5.32 Å². The summed E-state index contributed by atoms with van der Waals surface area (Å²) < 4.78 is 0. The minimum atomic E-state index is -0.789. The molecule has 0 spiro atoms. The topological polar surface area (TPSA) is 86.7 Å². The largest absolute Gasteiger partial charge is 0.481 e. The number of nitrogens with zero attached hydrogens (tertiary/aromatic N) is 1. The normalized spacial score (nSPS) is 15.4. The first-order valence-electron chi connectivity index (χ1n) is 7.34. The molecule has 6 heteroatoms. The summed E-state index contributed by atoms with van der Waals surface area (Å²) in [6.07, 6.45) is 1.56. The quantitative estimate of drug-likeness (QED) is 0.879. The third-order valence-corrected chi connectivity index (χ3v) is 3.96. The van der Waals surface area contributed by atoms with Crippen LogP contribution in [0.4, 0.5) is 0 Å². The first kappa shape index (κ1) is 16.0. The van der Waals surface area contributed by atoms with Crippen molar-refractivity contribution in [3.05, 3.63) is 35.4 Å². The highest BCUT2D eigenvalue weighted by molar-refractivity contribution is 5.99. The summed E-state index contributed by atoms with van der Waals surface area (Å²) in [6, 6.07) is 6.63. The van der Waals surface area contributed by atoms with Crippen LogP contribution in [0.5, 0.6) is 0 Å². The van der Waals surface area contributed by atoms with E-state index in [0.717, 1.165) is 0 Å². The van der Waals surface area contributed by atoms with E-state index >= 15 is 0 Å². The Bertz CT molecular complexity index is 577. The van der Waals surface area contributed by atoms with Crippen LogP contribution < -0.4 is 5.32 Å². The molecule has 0 aromatic heterocycles. The van der Waals surface area contributed by atoms with E-state index in [9.17, 15) is 14.4 Å². The number of carbonyl (C=O) groups excluding carboxylic acids is 2. The van der Waals surface area contributed by atoms with Gasteiger partial charge in [-0.15, -0.1) is 0 Å². The fourth-order valence-electron chi connectivity index (χ4n) is 2.71. The number of piperidine rings is 1. The van der Waals surface area contributed by atoms with Gasteiger partial charge >= 0.3 is 5.97 Å². The monoisotopic (exact) mass is 304 g/mol. The minimum Gasteiger partial charge on any atom is -0.481 e. The van der Waals surface area contributed by atoms with Gasteiger partial charge in [-0.3, -0.25) is 14.4 Å². The van der Waals surface area contributed by atoms with Gasteiger partial charge < -0.3 is 15.3 Å². The van der Waals surface area contributed by atoms with E-state index in [1.54, 1.807) is 36.2 Å². The fourth-order valence-corrected chi connectivity index (χ4v) is 2.71. The SMILES string of the molecule is CNC(=O)c1cccc(C(=O)N2CCC(CC(=O)O)CC2)c1. The Kier molecular flexibility index (Phi) is 5.14. The third kappa shape index (κ3) is 3.84. The molecule has 2 amide bonds. The maximum Gasteiger partial charge on any atom is 0.303 e. The van der Waals surface area contributed by atoms with Crippen LogP contribution in [0.2, 0.25) is 0 Å². The van der Waals surface area contributed by atoms with Gasteiger partial charge in [-0.05, 0) is 37.0 Å². The average Bonchev–Trinajstić information content (AvgIpc) is 2.53. The van der Waals surface area contributed by atoms with Crippen LogP contribution in [0.15, 0.2) is 24.3 Å². The predicted molar refractivity (Wildman–Crippen MR) is 80.7 cm³/mol. The van der Waals surface area contributed by atoms with Crippen LogP contribution in [0, 0.1) is 5.92 Å². The Balaban J connectivity index is 2.01. The van der Waals surface area contributed by atoms with Gasteiger partial charge in [-0.1, -0.05) is 6.07 Å². The Morgan fingerprint density at radius 1 is 1.23 bits per heavy atom. The van der Waals surface area contributed by atoms with Crippen molar-refractivity contribution in [3.8, 4) is 0 Å². The van der Waals surface area contributed by atoms with Crippen molar-refractivity contribution >= 4 is 17.8 Å². The Labute approximate surface area is 129 Å². The smallest absolute Gasteiger partial charge is 0.303 e. The van der Waals surface area contributed by atoms with E-state index in [1.165, 1.54) is 0 Å². The summed E-state index contributed by atoms with van der Waals surface area (Å²) in [5, 5.41) is 11.3. The van der Waals surface area contributed by atoms with Crippen LogP contribution in [0.25, 0.3) is 0 Å². The maximum absolute atomic E-state index is 12.5. The summed E-state index contributed by atoms with van der Waals surface area (Å²) in [6.45, 7) is 1.11. The van der Waals surface area contributed by atoms with Gasteiger partial charge in [0.1, 0.15) is 0 Å². The van der Waals surface area contributed by atoms with Crippen LogP contribution in [0.1, 0.15) is 40.0 Å². The summed E-state index contributed by atoms with van der Waals surface area (Å²) in [5.41, 5.74) is 0.937. The van der Waals surface area contributed by atoms with E-state index in [-0.39, 0.29) is 24.2 Å². The number of carboxylic acids is 1. The van der Waals surface area contributed by atoms with Gasteiger partial charge in [-0.25, -0.2) is 0 Å². The zero-order valence-electron chi connectivity index (χ0n) is 12.5. The number of hydrogen-bond acceptors (Lipinski definition) is 3. The van der Waals surface area contributed by atoms with Crippen molar-refractivity contribution < 1.29 is 19.5 Å². The zero-order chi connectivity index (χ0) is 16.1. The maximum atomic E-state index is 12.5. The lowest BCUT2D eigenvalue weighted by Crippen LogP contribution is -2.39. The molecule has 0 bridgehead atoms. The molecule has 1 fully saturated rings. The number of benzene rings is 1. The standard InChI is InChI=1S/C16H20N2O4/c1-17-15(21)12-3-2-4-13(10-12)16(22)18-7-5-11(6-8-18)9-14(19)20/h2-4,10-11H,5-9H2,1H3,(H,17,21)(H,19,20). The lowest BCUT2D eigenvalue weighted by atomic mass is 9.93. The highest BCUT2D eigenvalue weighted by Gasteiger charge is 2.25. The van der Waals surface area contributed by atoms with Crippen molar-refractivity contribution in [2.75, 3.05) is 20.1 Å². The first-order valence-corrected chi connectivity index (χ1v) is 7.34. The molecular formula is C16H20N2O4. The van der Waals surface area contributed by atoms with Gasteiger partial charge in [0.2, 0.25) is 0 Å². The molecule has 1 aromatic rings. The number of rotatable bonds is 4. The van der Waals surface area contributed by atoms with Gasteiger partial charge in [0, 0.05) is 37.7 Å². The fraction of sp³-hybridized carbons (Fsp3) is 0.438. The molecule has 1 aliphatic rings. The molecule has 0 saturated carbocycles. The number of likely N-dealkylation sites (tertiary alicyclic amines) is 1. The molecule has 2 rings (SSSR count). The molecule has 2 N–H and O–H groups in total. The molecular weight excluding hydrogens is 284 g/mol. The average molecular weight is 304 g/mol. The molecule has 0 aliphatic carbocycles. The van der Waals surface area contributed by atoms with Crippen molar-refractivity contribution in [2.45, 2.75) is 19.3 Å². The van der Waals surface area contributed by atoms with Gasteiger partial charge in [0.25, 0.3) is 11.8 Å². The van der Waals surface area contributed by atoms with E-state index in [0.29, 0.717) is 37.1 Å². The number of carbonyl (C=O) groups is 3. The minimum absolute atomic E-state index is 0.112. The highest BCUT2D eigenvalue weighted by Crippen LogP contribution is 2.22. The Hall–Kier alpha value is -2.37.